The van der Waals surface area contributed by atoms with Crippen LogP contribution in [0.3, 0.4) is 0 Å². The molecule has 0 amide bonds. The predicted molar refractivity (Wildman–Crippen MR) is 132 cm³/mol. The normalized spacial score (nSPS) is 16.8. The standard InChI is InChI=1S/C24H32BrN3O4S/c1-17(2)23(24(29)32-4)28(16-19-6-5-11-26-15-19)33(30,31)27-12-9-20(10-13-27)21-8-7-18(3)14-22(21)25/h5-8,11,14-15,17,20,23H,9-10,12-13,16H2,1-4H3/t23-/m1/s1. The average Bonchev–Trinajstić information content (AvgIpc) is 2.79. The molecule has 0 unspecified atom stereocenters. The molecule has 0 aliphatic carbocycles. The van der Waals surface area contributed by atoms with Crippen LogP contribution in [0.25, 0.3) is 0 Å². The maximum absolute atomic E-state index is 13.8. The van der Waals surface area contributed by atoms with Crippen molar-refractivity contribution in [2.75, 3.05) is 20.2 Å². The minimum Gasteiger partial charge on any atom is -0.468 e. The number of esters is 1. The molecule has 1 aliphatic rings. The Bertz CT molecular complexity index is 1050. The first-order valence-corrected chi connectivity index (χ1v) is 13.3. The Morgan fingerprint density at radius 1 is 1.27 bits per heavy atom. The minimum atomic E-state index is -3.92. The van der Waals surface area contributed by atoms with Gasteiger partial charge in [-0.1, -0.05) is 48.0 Å². The smallest absolute Gasteiger partial charge is 0.324 e. The van der Waals surface area contributed by atoms with Crippen molar-refractivity contribution in [2.45, 2.75) is 52.1 Å². The van der Waals surface area contributed by atoms with Gasteiger partial charge in [0.05, 0.1) is 7.11 Å². The number of ether oxygens (including phenoxy) is 1. The molecule has 1 atom stereocenters. The zero-order valence-corrected chi connectivity index (χ0v) is 22.0. The minimum absolute atomic E-state index is 0.0531. The number of aromatic nitrogens is 1. The Morgan fingerprint density at radius 2 is 1.97 bits per heavy atom. The molecule has 1 aromatic carbocycles. The van der Waals surface area contributed by atoms with Crippen LogP contribution in [0.15, 0.2) is 47.2 Å². The lowest BCUT2D eigenvalue weighted by molar-refractivity contribution is -0.147. The van der Waals surface area contributed by atoms with Gasteiger partial charge in [0.2, 0.25) is 0 Å². The number of nitrogens with zero attached hydrogens (tertiary/aromatic N) is 3. The van der Waals surface area contributed by atoms with Crippen LogP contribution in [0.5, 0.6) is 0 Å². The van der Waals surface area contributed by atoms with Crippen molar-refractivity contribution < 1.29 is 17.9 Å². The SMILES string of the molecule is COC(=O)[C@@H](C(C)C)N(Cc1cccnc1)S(=O)(=O)N1CCC(c2ccc(C)cc2Br)CC1. The highest BCUT2D eigenvalue weighted by molar-refractivity contribution is 9.10. The lowest BCUT2D eigenvalue weighted by Gasteiger charge is -2.38. The van der Waals surface area contributed by atoms with Crippen LogP contribution >= 0.6 is 15.9 Å². The van der Waals surface area contributed by atoms with Crippen molar-refractivity contribution in [3.05, 3.63) is 63.9 Å². The van der Waals surface area contributed by atoms with Gasteiger partial charge in [0.15, 0.2) is 0 Å². The van der Waals surface area contributed by atoms with Gasteiger partial charge in [-0.25, -0.2) is 0 Å². The number of carbonyl (C=O) groups excluding carboxylic acids is 1. The lowest BCUT2D eigenvalue weighted by Crippen LogP contribution is -2.54. The number of aryl methyl sites for hydroxylation is 1. The van der Waals surface area contributed by atoms with E-state index in [2.05, 4.69) is 39.1 Å². The summed E-state index contributed by atoms with van der Waals surface area (Å²) in [6.45, 7) is 6.54. The van der Waals surface area contributed by atoms with Crippen molar-refractivity contribution in [3.8, 4) is 0 Å². The van der Waals surface area contributed by atoms with E-state index >= 15 is 0 Å². The molecule has 0 spiro atoms. The molecule has 0 radical (unpaired) electrons. The van der Waals surface area contributed by atoms with Gasteiger partial charge in [-0.15, -0.1) is 0 Å². The number of hydrogen-bond donors (Lipinski definition) is 0. The summed E-state index contributed by atoms with van der Waals surface area (Å²) >= 11 is 3.66. The molecule has 9 heteroatoms. The Morgan fingerprint density at radius 3 is 2.52 bits per heavy atom. The van der Waals surface area contributed by atoms with E-state index in [0.29, 0.717) is 31.5 Å². The lowest BCUT2D eigenvalue weighted by atomic mass is 9.90. The Balaban J connectivity index is 1.86. The second-order valence-corrected chi connectivity index (χ2v) is 11.6. The van der Waals surface area contributed by atoms with E-state index in [1.54, 1.807) is 18.5 Å². The summed E-state index contributed by atoms with van der Waals surface area (Å²) in [6, 6.07) is 8.94. The molecule has 1 aliphatic heterocycles. The molecular weight excluding hydrogens is 506 g/mol. The zero-order chi connectivity index (χ0) is 24.2. The summed E-state index contributed by atoms with van der Waals surface area (Å²) in [5.41, 5.74) is 3.10. The summed E-state index contributed by atoms with van der Waals surface area (Å²) in [4.78, 5) is 16.8. The fourth-order valence-electron chi connectivity index (χ4n) is 4.35. The molecule has 2 aromatic rings. The van der Waals surface area contributed by atoms with Gasteiger partial charge in [0.25, 0.3) is 10.2 Å². The van der Waals surface area contributed by atoms with Crippen LogP contribution in [-0.4, -0.2) is 54.2 Å². The number of piperidine rings is 1. The van der Waals surface area contributed by atoms with E-state index in [-0.39, 0.29) is 18.4 Å². The third-order valence-electron chi connectivity index (χ3n) is 6.12. The molecule has 0 saturated carbocycles. The van der Waals surface area contributed by atoms with E-state index in [1.165, 1.54) is 26.8 Å². The first-order valence-electron chi connectivity index (χ1n) is 11.1. The van der Waals surface area contributed by atoms with E-state index < -0.39 is 22.2 Å². The Labute approximate surface area is 205 Å². The zero-order valence-electron chi connectivity index (χ0n) is 19.6. The number of rotatable bonds is 8. The molecule has 2 heterocycles. The van der Waals surface area contributed by atoms with E-state index in [4.69, 9.17) is 4.74 Å². The van der Waals surface area contributed by atoms with E-state index in [9.17, 15) is 13.2 Å². The van der Waals surface area contributed by atoms with Crippen molar-refractivity contribution in [2.24, 2.45) is 5.92 Å². The molecular formula is C24H32BrN3O4S. The molecule has 33 heavy (non-hydrogen) atoms. The Hall–Kier alpha value is -1.81. The van der Waals surface area contributed by atoms with Crippen LogP contribution < -0.4 is 0 Å². The van der Waals surface area contributed by atoms with Crippen molar-refractivity contribution in [1.29, 1.82) is 0 Å². The maximum atomic E-state index is 13.8. The van der Waals surface area contributed by atoms with Crippen LogP contribution in [0.2, 0.25) is 0 Å². The molecule has 1 aromatic heterocycles. The van der Waals surface area contributed by atoms with Gasteiger partial charge in [-0.3, -0.25) is 9.78 Å². The highest BCUT2D eigenvalue weighted by atomic mass is 79.9. The molecule has 0 N–H and O–H groups in total. The Kier molecular flexibility index (Phi) is 8.66. The van der Waals surface area contributed by atoms with Crippen LogP contribution in [0.4, 0.5) is 0 Å². The van der Waals surface area contributed by atoms with Crippen LogP contribution in [0, 0.1) is 12.8 Å². The monoisotopic (exact) mass is 537 g/mol. The molecule has 3 rings (SSSR count). The van der Waals surface area contributed by atoms with Gasteiger partial charge < -0.3 is 4.74 Å². The highest BCUT2D eigenvalue weighted by Gasteiger charge is 2.42. The molecule has 1 fully saturated rings. The topological polar surface area (TPSA) is 79.8 Å². The fourth-order valence-corrected chi connectivity index (χ4v) is 7.06. The molecule has 1 saturated heterocycles. The van der Waals surface area contributed by atoms with Gasteiger partial charge >= 0.3 is 5.97 Å². The summed E-state index contributed by atoms with van der Waals surface area (Å²) < 4.78 is 36.5. The van der Waals surface area contributed by atoms with E-state index in [1.807, 2.05) is 26.8 Å². The highest BCUT2D eigenvalue weighted by Crippen LogP contribution is 2.35. The third-order valence-corrected chi connectivity index (χ3v) is 8.77. The summed E-state index contributed by atoms with van der Waals surface area (Å²) in [7, 11) is -2.63. The number of halogens is 1. The molecule has 7 nitrogen and oxygen atoms in total. The van der Waals surface area contributed by atoms with Crippen molar-refractivity contribution >= 4 is 32.1 Å². The molecule has 180 valence electrons. The fraction of sp³-hybridized carbons (Fsp3) is 0.500. The van der Waals surface area contributed by atoms with Gasteiger partial charge in [0.1, 0.15) is 6.04 Å². The third kappa shape index (κ3) is 6.01. The van der Waals surface area contributed by atoms with Gasteiger partial charge in [-0.05, 0) is 60.4 Å². The number of hydrogen-bond acceptors (Lipinski definition) is 5. The maximum Gasteiger partial charge on any atom is 0.324 e. The summed E-state index contributed by atoms with van der Waals surface area (Å²) in [5, 5.41) is 0. The van der Waals surface area contributed by atoms with Crippen LogP contribution in [0.1, 0.15) is 49.3 Å². The largest absolute Gasteiger partial charge is 0.468 e. The second-order valence-electron chi connectivity index (χ2n) is 8.82. The predicted octanol–water partition coefficient (Wildman–Crippen LogP) is 4.28. The number of carbonyl (C=O) groups is 1. The number of methoxy groups -OCH3 is 1. The number of benzene rings is 1. The number of pyridine rings is 1. The summed E-state index contributed by atoms with van der Waals surface area (Å²) in [6.07, 6.45) is 4.69. The quantitative estimate of drug-likeness (QED) is 0.469. The van der Waals surface area contributed by atoms with Crippen molar-refractivity contribution in [1.82, 2.24) is 13.6 Å². The van der Waals surface area contributed by atoms with E-state index in [0.717, 1.165) is 4.47 Å². The first-order chi connectivity index (χ1) is 15.6. The average molecular weight is 539 g/mol. The van der Waals surface area contributed by atoms with Crippen molar-refractivity contribution in [3.63, 3.8) is 0 Å². The second kappa shape index (κ2) is 11.1. The molecule has 0 bridgehead atoms. The van der Waals surface area contributed by atoms with Gasteiger partial charge in [-0.2, -0.15) is 17.0 Å². The summed E-state index contributed by atoms with van der Waals surface area (Å²) in [5.74, 6) is -0.541. The first kappa shape index (κ1) is 25.8. The van der Waals surface area contributed by atoms with Crippen LogP contribution in [-0.2, 0) is 26.3 Å². The van der Waals surface area contributed by atoms with Gasteiger partial charge in [0, 0.05) is 36.5 Å².